The highest BCUT2D eigenvalue weighted by Gasteiger charge is 2.39. The number of rotatable bonds is 3. The van der Waals surface area contributed by atoms with Crippen LogP contribution in [0.3, 0.4) is 0 Å². The molecule has 1 aliphatic rings. The fraction of sp³-hybridized carbons (Fsp3) is 0.500. The fourth-order valence-electron chi connectivity index (χ4n) is 1.83. The quantitative estimate of drug-likeness (QED) is 0.828. The van der Waals surface area contributed by atoms with E-state index >= 15 is 0 Å². The van der Waals surface area contributed by atoms with Crippen LogP contribution in [0.15, 0.2) is 12.1 Å². The van der Waals surface area contributed by atoms with Gasteiger partial charge in [0.1, 0.15) is 11.6 Å². The SMILES string of the molecule is COc1ccc(F)c(CC2(N)CC2)c1C. The average molecular weight is 209 g/mol. The zero-order valence-corrected chi connectivity index (χ0v) is 9.14. The second-order valence-corrected chi connectivity index (χ2v) is 4.39. The van der Waals surface area contributed by atoms with Crippen molar-refractivity contribution in [2.45, 2.75) is 31.7 Å². The van der Waals surface area contributed by atoms with Crippen LogP contribution in [0.1, 0.15) is 24.0 Å². The van der Waals surface area contributed by atoms with E-state index in [0.717, 1.165) is 24.2 Å². The topological polar surface area (TPSA) is 35.2 Å². The smallest absolute Gasteiger partial charge is 0.127 e. The number of hydrogen-bond donors (Lipinski definition) is 1. The Labute approximate surface area is 89.2 Å². The van der Waals surface area contributed by atoms with Gasteiger partial charge in [-0.05, 0) is 49.4 Å². The van der Waals surface area contributed by atoms with Gasteiger partial charge in [0.2, 0.25) is 0 Å². The third kappa shape index (κ3) is 1.97. The van der Waals surface area contributed by atoms with Crippen molar-refractivity contribution in [2.24, 2.45) is 5.73 Å². The van der Waals surface area contributed by atoms with Gasteiger partial charge in [-0.3, -0.25) is 0 Å². The molecule has 0 heterocycles. The highest BCUT2D eigenvalue weighted by Crippen LogP contribution is 2.38. The molecule has 2 rings (SSSR count). The van der Waals surface area contributed by atoms with Gasteiger partial charge in [-0.1, -0.05) is 0 Å². The Kier molecular flexibility index (Phi) is 2.43. The van der Waals surface area contributed by atoms with Gasteiger partial charge in [-0.15, -0.1) is 0 Å². The van der Waals surface area contributed by atoms with Crippen molar-refractivity contribution in [3.63, 3.8) is 0 Å². The lowest BCUT2D eigenvalue weighted by atomic mass is 9.99. The maximum absolute atomic E-state index is 13.6. The molecule has 0 aromatic heterocycles. The van der Waals surface area contributed by atoms with Crippen LogP contribution in [0.25, 0.3) is 0 Å². The van der Waals surface area contributed by atoms with Gasteiger partial charge in [0.15, 0.2) is 0 Å². The zero-order valence-electron chi connectivity index (χ0n) is 9.14. The summed E-state index contributed by atoms with van der Waals surface area (Å²) in [5, 5.41) is 0. The first-order valence-electron chi connectivity index (χ1n) is 5.16. The summed E-state index contributed by atoms with van der Waals surface area (Å²) in [4.78, 5) is 0. The summed E-state index contributed by atoms with van der Waals surface area (Å²) < 4.78 is 18.8. The molecule has 1 fully saturated rings. The Balaban J connectivity index is 2.35. The molecule has 2 N–H and O–H groups in total. The summed E-state index contributed by atoms with van der Waals surface area (Å²) in [6.07, 6.45) is 2.59. The Morgan fingerprint density at radius 2 is 2.13 bits per heavy atom. The van der Waals surface area contributed by atoms with E-state index in [9.17, 15) is 4.39 Å². The number of benzene rings is 1. The van der Waals surface area contributed by atoms with Crippen LogP contribution < -0.4 is 10.5 Å². The van der Waals surface area contributed by atoms with Crippen molar-refractivity contribution < 1.29 is 9.13 Å². The molecule has 0 spiro atoms. The molecule has 0 bridgehead atoms. The monoisotopic (exact) mass is 209 g/mol. The Hall–Kier alpha value is -1.09. The predicted octanol–water partition coefficient (Wildman–Crippen LogP) is 2.18. The van der Waals surface area contributed by atoms with Crippen molar-refractivity contribution in [2.75, 3.05) is 7.11 Å². The molecule has 15 heavy (non-hydrogen) atoms. The first kappa shape index (κ1) is 10.4. The highest BCUT2D eigenvalue weighted by molar-refractivity contribution is 5.41. The Morgan fingerprint density at radius 3 is 2.67 bits per heavy atom. The average Bonchev–Trinajstić information content (AvgIpc) is 2.92. The molecule has 0 aliphatic heterocycles. The van der Waals surface area contributed by atoms with Crippen LogP contribution in [0.5, 0.6) is 5.75 Å². The number of hydrogen-bond acceptors (Lipinski definition) is 2. The predicted molar refractivity (Wildman–Crippen MR) is 57.5 cm³/mol. The number of halogens is 1. The van der Waals surface area contributed by atoms with Crippen LogP contribution in [-0.2, 0) is 6.42 Å². The largest absolute Gasteiger partial charge is 0.496 e. The van der Waals surface area contributed by atoms with Crippen LogP contribution >= 0.6 is 0 Å². The van der Waals surface area contributed by atoms with Gasteiger partial charge in [0.25, 0.3) is 0 Å². The molecule has 0 unspecified atom stereocenters. The molecule has 2 nitrogen and oxygen atoms in total. The van der Waals surface area contributed by atoms with Gasteiger partial charge < -0.3 is 10.5 Å². The van der Waals surface area contributed by atoms with Crippen LogP contribution in [-0.4, -0.2) is 12.6 Å². The van der Waals surface area contributed by atoms with Crippen molar-refractivity contribution in [3.05, 3.63) is 29.1 Å². The molecular weight excluding hydrogens is 193 g/mol. The fourth-order valence-corrected chi connectivity index (χ4v) is 1.83. The summed E-state index contributed by atoms with van der Waals surface area (Å²) in [6, 6.07) is 3.11. The first-order chi connectivity index (χ1) is 7.06. The zero-order chi connectivity index (χ0) is 11.1. The second kappa shape index (κ2) is 3.49. The summed E-state index contributed by atoms with van der Waals surface area (Å²) in [6.45, 7) is 1.88. The molecule has 1 aromatic carbocycles. The van der Waals surface area contributed by atoms with E-state index in [1.807, 2.05) is 6.92 Å². The summed E-state index contributed by atoms with van der Waals surface area (Å²) >= 11 is 0. The van der Waals surface area contributed by atoms with Crippen LogP contribution in [0.2, 0.25) is 0 Å². The summed E-state index contributed by atoms with van der Waals surface area (Å²) in [7, 11) is 1.60. The van der Waals surface area contributed by atoms with E-state index in [4.69, 9.17) is 10.5 Å². The first-order valence-corrected chi connectivity index (χ1v) is 5.16. The lowest BCUT2D eigenvalue weighted by Gasteiger charge is -2.14. The van der Waals surface area contributed by atoms with Gasteiger partial charge in [0, 0.05) is 5.54 Å². The number of ether oxygens (including phenoxy) is 1. The van der Waals surface area contributed by atoms with Crippen molar-refractivity contribution in [1.82, 2.24) is 0 Å². The third-order valence-electron chi connectivity index (χ3n) is 3.13. The normalized spacial score (nSPS) is 17.6. The molecular formula is C12H16FNO. The minimum Gasteiger partial charge on any atom is -0.496 e. The van der Waals surface area contributed by atoms with Gasteiger partial charge in [-0.2, -0.15) is 0 Å². The van der Waals surface area contributed by atoms with E-state index in [1.165, 1.54) is 6.07 Å². The second-order valence-electron chi connectivity index (χ2n) is 4.39. The molecule has 1 saturated carbocycles. The maximum atomic E-state index is 13.6. The standard InChI is InChI=1S/C12H16FNO/c1-8-9(7-12(14)5-6-12)10(13)3-4-11(8)15-2/h3-4H,5-7,14H2,1-2H3. The maximum Gasteiger partial charge on any atom is 0.127 e. The van der Waals surface area contributed by atoms with E-state index in [0.29, 0.717) is 12.0 Å². The van der Waals surface area contributed by atoms with E-state index in [2.05, 4.69) is 0 Å². The minimum atomic E-state index is -0.176. The molecule has 1 aromatic rings. The van der Waals surface area contributed by atoms with Crippen molar-refractivity contribution >= 4 is 0 Å². The van der Waals surface area contributed by atoms with Crippen molar-refractivity contribution in [1.29, 1.82) is 0 Å². The van der Waals surface area contributed by atoms with E-state index in [1.54, 1.807) is 13.2 Å². The lowest BCUT2D eigenvalue weighted by molar-refractivity contribution is 0.408. The molecule has 0 saturated heterocycles. The van der Waals surface area contributed by atoms with Crippen LogP contribution in [0.4, 0.5) is 4.39 Å². The summed E-state index contributed by atoms with van der Waals surface area (Å²) in [5.74, 6) is 0.556. The molecule has 3 heteroatoms. The van der Waals surface area contributed by atoms with E-state index in [-0.39, 0.29) is 11.4 Å². The number of nitrogens with two attached hydrogens (primary N) is 1. The minimum absolute atomic E-state index is 0.169. The number of methoxy groups -OCH3 is 1. The molecule has 0 radical (unpaired) electrons. The van der Waals surface area contributed by atoms with E-state index < -0.39 is 0 Å². The Morgan fingerprint density at radius 1 is 1.47 bits per heavy atom. The molecule has 82 valence electrons. The Bertz CT molecular complexity index is 385. The van der Waals surface area contributed by atoms with Gasteiger partial charge in [-0.25, -0.2) is 4.39 Å². The lowest BCUT2D eigenvalue weighted by Crippen LogP contribution is -2.25. The van der Waals surface area contributed by atoms with Gasteiger partial charge in [0.05, 0.1) is 7.11 Å². The summed E-state index contributed by atoms with van der Waals surface area (Å²) in [5.41, 5.74) is 7.40. The third-order valence-corrected chi connectivity index (χ3v) is 3.13. The van der Waals surface area contributed by atoms with Crippen LogP contribution in [0, 0.1) is 12.7 Å². The molecule has 0 amide bonds. The van der Waals surface area contributed by atoms with Crippen molar-refractivity contribution in [3.8, 4) is 5.75 Å². The van der Waals surface area contributed by atoms with Gasteiger partial charge >= 0.3 is 0 Å². The highest BCUT2D eigenvalue weighted by atomic mass is 19.1. The molecule has 1 aliphatic carbocycles. The molecule has 0 atom stereocenters.